The first-order chi connectivity index (χ1) is 11.9. The Kier molecular flexibility index (Phi) is 3.49. The third-order valence-electron chi connectivity index (χ3n) is 5.75. The first-order valence-corrected chi connectivity index (χ1v) is 8.55. The largest absolute Gasteiger partial charge is 0.481 e. The molecule has 4 rings (SSSR count). The molecule has 132 valence electrons. The van der Waals surface area contributed by atoms with E-state index in [2.05, 4.69) is 5.32 Å². The molecule has 1 aromatic rings. The Labute approximate surface area is 144 Å². The molecule has 0 bridgehead atoms. The van der Waals surface area contributed by atoms with Crippen LogP contribution >= 0.6 is 0 Å². The molecule has 7 nitrogen and oxygen atoms in total. The van der Waals surface area contributed by atoms with Crippen LogP contribution in [-0.4, -0.2) is 47.0 Å². The summed E-state index contributed by atoms with van der Waals surface area (Å²) in [7, 11) is 0. The number of benzene rings is 1. The van der Waals surface area contributed by atoms with Gasteiger partial charge in [0.2, 0.25) is 0 Å². The molecule has 2 fully saturated rings. The van der Waals surface area contributed by atoms with E-state index < -0.39 is 17.5 Å². The highest BCUT2D eigenvalue weighted by Gasteiger charge is 2.56. The fourth-order valence-corrected chi connectivity index (χ4v) is 4.36. The number of amides is 2. The molecule has 2 amide bonds. The van der Waals surface area contributed by atoms with Crippen LogP contribution in [0.1, 0.15) is 36.5 Å². The van der Waals surface area contributed by atoms with Crippen LogP contribution in [-0.2, 0) is 9.59 Å². The number of likely N-dealkylation sites (tertiary alicyclic amines) is 1. The zero-order valence-electron chi connectivity index (χ0n) is 13.9. The molecule has 2 aliphatic heterocycles. The van der Waals surface area contributed by atoms with E-state index in [0.29, 0.717) is 30.0 Å². The molecule has 1 aromatic carbocycles. The summed E-state index contributed by atoms with van der Waals surface area (Å²) >= 11 is 0. The number of carbonyl (C=O) groups is 3. The lowest BCUT2D eigenvalue weighted by atomic mass is 9.81. The van der Waals surface area contributed by atoms with Crippen molar-refractivity contribution in [3.63, 3.8) is 0 Å². The van der Waals surface area contributed by atoms with Gasteiger partial charge in [-0.2, -0.15) is 0 Å². The number of hydrogen-bond acceptors (Lipinski definition) is 4. The quantitative estimate of drug-likeness (QED) is 0.852. The summed E-state index contributed by atoms with van der Waals surface area (Å²) in [6, 6.07) is 5.04. The molecule has 7 heteroatoms. The van der Waals surface area contributed by atoms with Gasteiger partial charge in [0.25, 0.3) is 11.8 Å². The van der Waals surface area contributed by atoms with Gasteiger partial charge in [-0.3, -0.25) is 14.4 Å². The molecule has 1 aliphatic carbocycles. The molecule has 0 radical (unpaired) electrons. The van der Waals surface area contributed by atoms with Gasteiger partial charge in [0.15, 0.2) is 11.9 Å². The molecule has 2 N–H and O–H groups in total. The monoisotopic (exact) mass is 344 g/mol. The lowest BCUT2D eigenvalue weighted by Gasteiger charge is -2.27. The number of rotatable bonds is 2. The number of nitrogens with one attached hydrogen (secondary N) is 1. The minimum atomic E-state index is -0.813. The third-order valence-corrected chi connectivity index (χ3v) is 5.75. The number of carboxylic acids is 1. The number of ether oxygens (including phenoxy) is 1. The Hall–Kier alpha value is -2.57. The van der Waals surface area contributed by atoms with E-state index in [4.69, 9.17) is 4.74 Å². The van der Waals surface area contributed by atoms with Crippen LogP contribution in [0.4, 0.5) is 5.69 Å². The van der Waals surface area contributed by atoms with Crippen LogP contribution in [0.3, 0.4) is 0 Å². The van der Waals surface area contributed by atoms with E-state index in [9.17, 15) is 19.5 Å². The molecule has 3 atom stereocenters. The highest BCUT2D eigenvalue weighted by molar-refractivity contribution is 6.04. The van der Waals surface area contributed by atoms with Gasteiger partial charge in [-0.25, -0.2) is 0 Å². The molecular formula is C18H20N2O5. The van der Waals surface area contributed by atoms with Gasteiger partial charge in [-0.15, -0.1) is 0 Å². The Bertz CT molecular complexity index is 777. The lowest BCUT2D eigenvalue weighted by Crippen LogP contribution is -2.38. The second kappa shape index (κ2) is 5.47. The lowest BCUT2D eigenvalue weighted by molar-refractivity contribution is -0.149. The Morgan fingerprint density at radius 2 is 2.20 bits per heavy atom. The number of aliphatic carboxylic acids is 1. The minimum Gasteiger partial charge on any atom is -0.481 e. The Morgan fingerprint density at radius 3 is 2.92 bits per heavy atom. The van der Waals surface area contributed by atoms with Crippen molar-refractivity contribution < 1.29 is 24.2 Å². The summed E-state index contributed by atoms with van der Waals surface area (Å²) in [6.45, 7) is 2.31. The first kappa shape index (κ1) is 15.9. The summed E-state index contributed by atoms with van der Waals surface area (Å²) in [5.41, 5.74) is 0.0264. The summed E-state index contributed by atoms with van der Waals surface area (Å²) in [6.07, 6.45) is 1.68. The van der Waals surface area contributed by atoms with Gasteiger partial charge < -0.3 is 20.1 Å². The number of anilines is 1. The van der Waals surface area contributed by atoms with Crippen molar-refractivity contribution in [1.82, 2.24) is 4.90 Å². The summed E-state index contributed by atoms with van der Waals surface area (Å²) in [5.74, 6) is -0.931. The summed E-state index contributed by atoms with van der Waals surface area (Å²) in [5, 5.41) is 12.4. The van der Waals surface area contributed by atoms with Crippen molar-refractivity contribution in [2.45, 2.75) is 32.3 Å². The van der Waals surface area contributed by atoms with Crippen LogP contribution in [0.5, 0.6) is 5.75 Å². The van der Waals surface area contributed by atoms with Crippen LogP contribution in [0.2, 0.25) is 0 Å². The van der Waals surface area contributed by atoms with E-state index in [0.717, 1.165) is 12.8 Å². The zero-order valence-corrected chi connectivity index (χ0v) is 13.9. The van der Waals surface area contributed by atoms with Gasteiger partial charge >= 0.3 is 5.97 Å². The van der Waals surface area contributed by atoms with Crippen LogP contribution < -0.4 is 10.1 Å². The number of fused-ring (bicyclic) bond motifs is 2. The van der Waals surface area contributed by atoms with Gasteiger partial charge in [0, 0.05) is 13.1 Å². The second-order valence-corrected chi connectivity index (χ2v) is 7.17. The minimum absolute atomic E-state index is 0.00744. The molecule has 1 unspecified atom stereocenters. The topological polar surface area (TPSA) is 95.9 Å². The van der Waals surface area contributed by atoms with E-state index >= 15 is 0 Å². The molecule has 1 saturated heterocycles. The molecule has 1 saturated carbocycles. The first-order valence-electron chi connectivity index (χ1n) is 8.55. The number of carboxylic acid groups (broad SMARTS) is 1. The zero-order chi connectivity index (χ0) is 17.8. The van der Waals surface area contributed by atoms with E-state index in [1.54, 1.807) is 30.0 Å². The number of para-hydroxylation sites is 1. The molecule has 0 spiro atoms. The average molecular weight is 344 g/mol. The van der Waals surface area contributed by atoms with Crippen LogP contribution in [0.25, 0.3) is 0 Å². The maximum absolute atomic E-state index is 13.0. The summed E-state index contributed by atoms with van der Waals surface area (Å²) < 4.78 is 5.65. The van der Waals surface area contributed by atoms with Crippen molar-refractivity contribution in [2.75, 3.05) is 18.4 Å². The van der Waals surface area contributed by atoms with Gasteiger partial charge in [-0.1, -0.05) is 12.5 Å². The van der Waals surface area contributed by atoms with Crippen molar-refractivity contribution in [3.05, 3.63) is 23.8 Å². The molecule has 3 aliphatic rings. The molecule has 2 heterocycles. The molecule has 0 aromatic heterocycles. The highest BCUT2D eigenvalue weighted by atomic mass is 16.5. The van der Waals surface area contributed by atoms with Crippen molar-refractivity contribution in [1.29, 1.82) is 0 Å². The highest BCUT2D eigenvalue weighted by Crippen LogP contribution is 2.49. The second-order valence-electron chi connectivity index (χ2n) is 7.17. The predicted octanol–water partition coefficient (Wildman–Crippen LogP) is 1.73. The summed E-state index contributed by atoms with van der Waals surface area (Å²) in [4.78, 5) is 38.2. The number of nitrogens with zero attached hydrogens (tertiary/aromatic N) is 1. The van der Waals surface area contributed by atoms with E-state index in [-0.39, 0.29) is 24.3 Å². The third kappa shape index (κ3) is 2.29. The predicted molar refractivity (Wildman–Crippen MR) is 88.5 cm³/mol. The van der Waals surface area contributed by atoms with Crippen LogP contribution in [0.15, 0.2) is 18.2 Å². The maximum atomic E-state index is 13.0. The van der Waals surface area contributed by atoms with Crippen molar-refractivity contribution >= 4 is 23.5 Å². The normalized spacial score (nSPS) is 30.3. The van der Waals surface area contributed by atoms with Crippen LogP contribution in [0, 0.1) is 11.3 Å². The fraction of sp³-hybridized carbons (Fsp3) is 0.500. The number of carbonyl (C=O) groups excluding carboxylic acids is 2. The molecule has 25 heavy (non-hydrogen) atoms. The van der Waals surface area contributed by atoms with Gasteiger partial charge in [-0.05, 0) is 37.8 Å². The smallest absolute Gasteiger partial charge is 0.311 e. The van der Waals surface area contributed by atoms with E-state index in [1.165, 1.54) is 0 Å². The van der Waals surface area contributed by atoms with Gasteiger partial charge in [0.05, 0.1) is 16.7 Å². The van der Waals surface area contributed by atoms with Crippen molar-refractivity contribution in [3.8, 4) is 5.75 Å². The van der Waals surface area contributed by atoms with Gasteiger partial charge in [0.1, 0.15) is 0 Å². The SMILES string of the molecule is CC1Oc2c(cccc2C(=O)N2C[C@@H]3CCC[C@@]3(C(=O)O)C2)NC1=O. The fourth-order valence-electron chi connectivity index (χ4n) is 4.36. The number of hydrogen-bond donors (Lipinski definition) is 2. The Morgan fingerprint density at radius 1 is 1.40 bits per heavy atom. The molecular weight excluding hydrogens is 324 g/mol. The Balaban J connectivity index is 1.64. The average Bonchev–Trinajstić information content (AvgIpc) is 3.13. The maximum Gasteiger partial charge on any atom is 0.311 e. The van der Waals surface area contributed by atoms with Crippen molar-refractivity contribution in [2.24, 2.45) is 11.3 Å². The standard InChI is InChI=1S/C18H20N2O5/c1-10-15(21)19-13-6-2-5-12(14(13)25-10)16(22)20-8-11-4-3-7-18(11,9-20)17(23)24/h2,5-6,10-11H,3-4,7-9H2,1H3,(H,19,21)(H,23,24)/t10?,11-,18+/m0/s1. The van der Waals surface area contributed by atoms with E-state index in [1.807, 2.05) is 0 Å².